The lowest BCUT2D eigenvalue weighted by Gasteiger charge is -2.17. The second kappa shape index (κ2) is 10.5. The van der Waals surface area contributed by atoms with E-state index in [1.54, 1.807) is 0 Å². The molecule has 3 aromatic rings. The van der Waals surface area contributed by atoms with Crippen molar-refractivity contribution in [2.75, 3.05) is 13.2 Å². The maximum Gasteiger partial charge on any atom is 0.404 e. The number of hydrogen-bond acceptors (Lipinski definition) is 3. The molecule has 156 valence electrons. The topological polar surface area (TPSA) is 20.5 Å². The Morgan fingerprint density at radius 3 is 2.00 bits per heavy atom. The van der Waals surface area contributed by atoms with Crippen molar-refractivity contribution < 1.29 is 4.74 Å². The van der Waals surface area contributed by atoms with Crippen LogP contribution in [-0.2, 0) is 0 Å². The van der Waals surface area contributed by atoms with E-state index in [-0.39, 0.29) is 0 Å². The summed E-state index contributed by atoms with van der Waals surface area (Å²) in [6.07, 6.45) is 6.70. The van der Waals surface area contributed by atoms with Crippen LogP contribution in [0.2, 0.25) is 0 Å². The Morgan fingerprint density at radius 1 is 0.839 bits per heavy atom. The maximum atomic E-state index is 5.78. The fraction of sp³-hybridized carbons (Fsp3) is 0.148. The van der Waals surface area contributed by atoms with Gasteiger partial charge in [0.2, 0.25) is 0 Å². The van der Waals surface area contributed by atoms with Crippen molar-refractivity contribution in [2.45, 2.75) is 13.8 Å². The molecule has 0 bridgehead atoms. The lowest BCUT2D eigenvalue weighted by molar-refractivity contribution is 0.350. The maximum absolute atomic E-state index is 5.78. The first-order valence-corrected chi connectivity index (χ1v) is 12.1. The molecule has 0 saturated heterocycles. The molecule has 0 radical (unpaired) electrons. The van der Waals surface area contributed by atoms with Gasteiger partial charge in [0.25, 0.3) is 6.61 Å². The van der Waals surface area contributed by atoms with Gasteiger partial charge in [-0.3, -0.25) is 0 Å². The summed E-state index contributed by atoms with van der Waals surface area (Å²) in [4.78, 5) is 2.48. The molecule has 0 amide bonds. The van der Waals surface area contributed by atoms with Crippen LogP contribution in [0.4, 0.5) is 0 Å². The quantitative estimate of drug-likeness (QED) is 0.372. The zero-order valence-electron chi connectivity index (χ0n) is 17.7. The Hall–Kier alpha value is -2.82. The summed E-state index contributed by atoms with van der Waals surface area (Å²) in [5.41, 5.74) is 4.66. The van der Waals surface area contributed by atoms with Crippen molar-refractivity contribution in [1.29, 1.82) is 0 Å². The van der Waals surface area contributed by atoms with Gasteiger partial charge in [0.15, 0.2) is 5.06 Å². The number of benzene rings is 2. The molecule has 4 rings (SSSR count). The van der Waals surface area contributed by atoms with Gasteiger partial charge in [-0.1, -0.05) is 72.4 Å². The summed E-state index contributed by atoms with van der Waals surface area (Å²) in [7, 11) is 0. The van der Waals surface area contributed by atoms with Crippen LogP contribution in [0.3, 0.4) is 0 Å². The molecule has 0 aliphatic carbocycles. The molecule has 0 fully saturated rings. The van der Waals surface area contributed by atoms with Crippen LogP contribution in [0, 0.1) is 0 Å². The predicted octanol–water partition coefficient (Wildman–Crippen LogP) is 7.28. The van der Waals surface area contributed by atoms with Crippen molar-refractivity contribution in [3.63, 3.8) is 0 Å². The Morgan fingerprint density at radius 2 is 1.45 bits per heavy atom. The minimum Gasteiger partial charge on any atom is -0.484 e. The molecule has 4 heteroatoms. The van der Waals surface area contributed by atoms with Crippen molar-refractivity contribution in [2.24, 2.45) is 0 Å². The predicted molar refractivity (Wildman–Crippen MR) is 137 cm³/mol. The molecule has 0 spiro atoms. The van der Waals surface area contributed by atoms with Gasteiger partial charge < -0.3 is 4.74 Å². The second-order valence-electron chi connectivity index (χ2n) is 6.89. The Balaban J connectivity index is 1.81. The first kappa shape index (κ1) is 21.4. The zero-order valence-corrected chi connectivity index (χ0v) is 19.3. The van der Waals surface area contributed by atoms with Crippen LogP contribution in [-0.4, -0.2) is 13.2 Å². The highest BCUT2D eigenvalue weighted by Crippen LogP contribution is 2.44. The smallest absolute Gasteiger partial charge is 0.404 e. The molecule has 0 atom stereocenters. The molecule has 1 aromatic heterocycles. The highest BCUT2D eigenvalue weighted by atomic mass is 32.2. The standard InChI is InChI=1S/C27H25O2S2/c1-3-28-26-18-21(19-27(31-26)29-4-2)15-20-16-24(22-11-7-5-8-12-22)30-25(17-20)23-13-9-6-10-14-23/h5-19H,3-4H2,1-2H3/q+1. The molecule has 0 unspecified atom stereocenters. The molecular formula is C27H25O2S2+. The molecule has 2 nitrogen and oxygen atoms in total. The molecule has 31 heavy (non-hydrogen) atoms. The number of ether oxygens (including phenoxy) is 1. The summed E-state index contributed by atoms with van der Waals surface area (Å²) in [5, 5.41) is 0.866. The zero-order chi connectivity index (χ0) is 21.5. The highest BCUT2D eigenvalue weighted by molar-refractivity contribution is 8.16. The van der Waals surface area contributed by atoms with Gasteiger partial charge in [0.1, 0.15) is 0 Å². The average Bonchev–Trinajstić information content (AvgIpc) is 2.80. The lowest BCUT2D eigenvalue weighted by Crippen LogP contribution is -2.01. The largest absolute Gasteiger partial charge is 0.484 e. The lowest BCUT2D eigenvalue weighted by atomic mass is 10.1. The van der Waals surface area contributed by atoms with E-state index in [1.165, 1.54) is 32.3 Å². The van der Waals surface area contributed by atoms with Gasteiger partial charge in [-0.25, -0.2) is 4.42 Å². The van der Waals surface area contributed by atoms with Gasteiger partial charge >= 0.3 is 4.74 Å². The van der Waals surface area contributed by atoms with E-state index < -0.39 is 0 Å². The van der Waals surface area contributed by atoms with Gasteiger partial charge in [0, 0.05) is 28.1 Å². The number of thioether (sulfide) groups is 1. The highest BCUT2D eigenvalue weighted by Gasteiger charge is 2.15. The minimum atomic E-state index is 0.634. The van der Waals surface area contributed by atoms with E-state index in [1.807, 2.05) is 25.6 Å². The van der Waals surface area contributed by atoms with Crippen LogP contribution < -0.4 is 9.48 Å². The number of rotatable bonds is 6. The van der Waals surface area contributed by atoms with Crippen molar-refractivity contribution >= 4 is 39.0 Å². The number of hydrogen-bond donors (Lipinski definition) is 0. The number of allylic oxidation sites excluding steroid dienone is 3. The van der Waals surface area contributed by atoms with E-state index in [2.05, 4.69) is 91.0 Å². The van der Waals surface area contributed by atoms with Crippen LogP contribution in [0.25, 0.3) is 15.9 Å². The molecule has 2 heterocycles. The normalized spacial score (nSPS) is 14.1. The van der Waals surface area contributed by atoms with E-state index in [0.29, 0.717) is 13.2 Å². The van der Waals surface area contributed by atoms with Gasteiger partial charge in [-0.05, 0) is 53.5 Å². The first-order valence-electron chi connectivity index (χ1n) is 10.4. The summed E-state index contributed by atoms with van der Waals surface area (Å²) in [6.45, 7) is 5.27. The second-order valence-corrected chi connectivity index (χ2v) is 8.98. The molecule has 1 aliphatic heterocycles. The third-order valence-corrected chi connectivity index (χ3v) is 6.63. The third kappa shape index (κ3) is 5.66. The molecule has 0 saturated carbocycles. The summed E-state index contributed by atoms with van der Waals surface area (Å²) >= 11 is 3.34. The van der Waals surface area contributed by atoms with Crippen molar-refractivity contribution in [3.8, 4) is 5.06 Å². The van der Waals surface area contributed by atoms with Crippen molar-refractivity contribution in [1.82, 2.24) is 0 Å². The van der Waals surface area contributed by atoms with Crippen LogP contribution in [0.15, 0.2) is 94.9 Å². The Bertz CT molecular complexity index is 1130. The SMILES string of the molecule is CCOc1cc(C=C2C=C(c3ccccc3)SC(c3ccccc3)=C2)cc(=[O+]CC)s1. The molecule has 0 N–H and O–H groups in total. The summed E-state index contributed by atoms with van der Waals surface area (Å²) in [5.74, 6) is 0. The Labute approximate surface area is 191 Å². The first-order chi connectivity index (χ1) is 15.2. The average molecular weight is 446 g/mol. The van der Waals surface area contributed by atoms with E-state index in [4.69, 9.17) is 9.16 Å². The van der Waals surface area contributed by atoms with Crippen LogP contribution in [0.5, 0.6) is 5.06 Å². The summed E-state index contributed by atoms with van der Waals surface area (Å²) < 4.78 is 12.4. The van der Waals surface area contributed by atoms with E-state index >= 15 is 0 Å². The van der Waals surface area contributed by atoms with Crippen molar-refractivity contribution in [3.05, 3.63) is 116 Å². The Kier molecular flexibility index (Phi) is 7.23. The van der Waals surface area contributed by atoms with Crippen LogP contribution in [0.1, 0.15) is 30.5 Å². The monoisotopic (exact) mass is 445 g/mol. The molecular weight excluding hydrogens is 420 g/mol. The van der Waals surface area contributed by atoms with E-state index in [0.717, 1.165) is 20.9 Å². The minimum absolute atomic E-state index is 0.634. The van der Waals surface area contributed by atoms with Crippen LogP contribution >= 0.6 is 23.1 Å². The molecule has 2 aromatic carbocycles. The van der Waals surface area contributed by atoms with E-state index in [9.17, 15) is 0 Å². The van der Waals surface area contributed by atoms with Gasteiger partial charge in [-0.15, -0.1) is 0 Å². The molecule has 1 aliphatic rings. The van der Waals surface area contributed by atoms with Gasteiger partial charge in [-0.2, -0.15) is 0 Å². The third-order valence-electron chi connectivity index (χ3n) is 4.61. The fourth-order valence-electron chi connectivity index (χ4n) is 3.27. The summed E-state index contributed by atoms with van der Waals surface area (Å²) in [6, 6.07) is 25.3. The fourth-order valence-corrected chi connectivity index (χ4v) is 5.35. The van der Waals surface area contributed by atoms with Gasteiger partial charge in [0.05, 0.1) is 12.7 Å².